The van der Waals surface area contributed by atoms with E-state index in [0.717, 1.165) is 0 Å². The van der Waals surface area contributed by atoms with Crippen molar-refractivity contribution < 1.29 is 13.2 Å². The lowest BCUT2D eigenvalue weighted by molar-refractivity contribution is 0.259. The van der Waals surface area contributed by atoms with Gasteiger partial charge in [0.25, 0.3) is 0 Å². The SMILES string of the molecule is NC(=O)Nc1ccc(CS(=O)(=O)Cl)cc1. The Morgan fingerprint density at radius 1 is 1.33 bits per heavy atom. The summed E-state index contributed by atoms with van der Waals surface area (Å²) in [4.78, 5) is 10.5. The number of amides is 2. The number of carbonyl (C=O) groups is 1. The van der Waals surface area contributed by atoms with Crippen molar-refractivity contribution >= 4 is 31.5 Å². The molecule has 0 heterocycles. The Kier molecular flexibility index (Phi) is 3.54. The predicted octanol–water partition coefficient (Wildman–Crippen LogP) is 1.25. The maximum Gasteiger partial charge on any atom is 0.316 e. The van der Waals surface area contributed by atoms with E-state index in [2.05, 4.69) is 5.32 Å². The van der Waals surface area contributed by atoms with E-state index >= 15 is 0 Å². The first-order valence-corrected chi connectivity index (χ1v) is 6.42. The highest BCUT2D eigenvalue weighted by Gasteiger charge is 2.06. The second kappa shape index (κ2) is 4.50. The average Bonchev–Trinajstić information content (AvgIpc) is 2.05. The maximum absolute atomic E-state index is 10.7. The van der Waals surface area contributed by atoms with Gasteiger partial charge < -0.3 is 11.1 Å². The van der Waals surface area contributed by atoms with E-state index in [1.165, 1.54) is 0 Å². The Balaban J connectivity index is 2.77. The Morgan fingerprint density at radius 2 is 1.87 bits per heavy atom. The fourth-order valence-corrected chi connectivity index (χ4v) is 1.99. The van der Waals surface area contributed by atoms with Crippen LogP contribution >= 0.6 is 10.7 Å². The number of nitrogens with one attached hydrogen (secondary N) is 1. The molecule has 0 saturated carbocycles. The molecule has 2 amide bonds. The number of halogens is 1. The molecule has 1 aromatic rings. The smallest absolute Gasteiger partial charge is 0.316 e. The lowest BCUT2D eigenvalue weighted by Gasteiger charge is -2.02. The van der Waals surface area contributed by atoms with Crippen LogP contribution in [0.5, 0.6) is 0 Å². The summed E-state index contributed by atoms with van der Waals surface area (Å²) in [5, 5.41) is 2.35. The highest BCUT2D eigenvalue weighted by molar-refractivity contribution is 8.13. The van der Waals surface area contributed by atoms with Crippen molar-refractivity contribution in [2.75, 3.05) is 5.32 Å². The molecule has 0 aliphatic heterocycles. The third-order valence-electron chi connectivity index (χ3n) is 1.56. The number of urea groups is 1. The number of hydrogen-bond donors (Lipinski definition) is 2. The minimum Gasteiger partial charge on any atom is -0.351 e. The van der Waals surface area contributed by atoms with Crippen molar-refractivity contribution in [3.63, 3.8) is 0 Å². The van der Waals surface area contributed by atoms with Gasteiger partial charge in [-0.3, -0.25) is 0 Å². The second-order valence-electron chi connectivity index (χ2n) is 2.87. The van der Waals surface area contributed by atoms with Gasteiger partial charge in [-0.1, -0.05) is 12.1 Å². The topological polar surface area (TPSA) is 89.3 Å². The molecular formula is C8H9ClN2O3S. The molecule has 0 aromatic heterocycles. The van der Waals surface area contributed by atoms with E-state index in [1.807, 2.05) is 0 Å². The average molecular weight is 249 g/mol. The van der Waals surface area contributed by atoms with E-state index in [-0.39, 0.29) is 5.75 Å². The van der Waals surface area contributed by atoms with Crippen LogP contribution in [0.15, 0.2) is 24.3 Å². The molecule has 0 saturated heterocycles. The largest absolute Gasteiger partial charge is 0.351 e. The minimum absolute atomic E-state index is 0.245. The van der Waals surface area contributed by atoms with Crippen molar-refractivity contribution in [3.05, 3.63) is 29.8 Å². The zero-order valence-electron chi connectivity index (χ0n) is 7.60. The van der Waals surface area contributed by atoms with Gasteiger partial charge in [0.05, 0.1) is 5.75 Å². The maximum atomic E-state index is 10.7. The number of carbonyl (C=O) groups excluding carboxylic acids is 1. The molecule has 0 unspecified atom stereocenters. The molecule has 3 N–H and O–H groups in total. The van der Waals surface area contributed by atoms with E-state index in [1.54, 1.807) is 24.3 Å². The first kappa shape index (κ1) is 11.8. The Labute approximate surface area is 91.6 Å². The first-order valence-electron chi connectivity index (χ1n) is 3.94. The number of rotatable bonds is 3. The van der Waals surface area contributed by atoms with Crippen LogP contribution in [-0.2, 0) is 14.8 Å². The molecule has 0 fully saturated rings. The van der Waals surface area contributed by atoms with Gasteiger partial charge in [0.15, 0.2) is 0 Å². The summed E-state index contributed by atoms with van der Waals surface area (Å²) in [7, 11) is 1.52. The normalized spacial score (nSPS) is 11.0. The van der Waals surface area contributed by atoms with Crippen LogP contribution in [-0.4, -0.2) is 14.4 Å². The summed E-state index contributed by atoms with van der Waals surface area (Å²) < 4.78 is 21.5. The lowest BCUT2D eigenvalue weighted by atomic mass is 10.2. The van der Waals surface area contributed by atoms with Crippen LogP contribution in [0.3, 0.4) is 0 Å². The van der Waals surface area contributed by atoms with Gasteiger partial charge in [-0.25, -0.2) is 13.2 Å². The van der Waals surface area contributed by atoms with Crippen molar-refractivity contribution in [1.29, 1.82) is 0 Å². The zero-order chi connectivity index (χ0) is 11.5. The van der Waals surface area contributed by atoms with Gasteiger partial charge >= 0.3 is 6.03 Å². The van der Waals surface area contributed by atoms with Crippen LogP contribution in [0, 0.1) is 0 Å². The van der Waals surface area contributed by atoms with Gasteiger partial charge in [-0.15, -0.1) is 0 Å². The molecule has 0 atom stereocenters. The molecule has 1 rings (SSSR count). The van der Waals surface area contributed by atoms with E-state index in [4.69, 9.17) is 16.4 Å². The molecular weight excluding hydrogens is 240 g/mol. The molecule has 0 radical (unpaired) electrons. The summed E-state index contributed by atoms with van der Waals surface area (Å²) in [6.07, 6.45) is 0. The highest BCUT2D eigenvalue weighted by Crippen LogP contribution is 2.13. The third kappa shape index (κ3) is 4.66. The van der Waals surface area contributed by atoms with Crippen LogP contribution < -0.4 is 11.1 Å². The lowest BCUT2D eigenvalue weighted by Crippen LogP contribution is -2.19. The van der Waals surface area contributed by atoms with Crippen LogP contribution in [0.2, 0.25) is 0 Å². The zero-order valence-corrected chi connectivity index (χ0v) is 9.18. The quantitative estimate of drug-likeness (QED) is 0.789. The molecule has 7 heteroatoms. The highest BCUT2D eigenvalue weighted by atomic mass is 35.7. The van der Waals surface area contributed by atoms with Gasteiger partial charge in [0, 0.05) is 16.4 Å². The van der Waals surface area contributed by atoms with Crippen LogP contribution in [0.25, 0.3) is 0 Å². The number of anilines is 1. The Bertz CT molecular complexity index is 455. The predicted molar refractivity (Wildman–Crippen MR) is 58.1 cm³/mol. The summed E-state index contributed by atoms with van der Waals surface area (Å²) in [6, 6.07) is 5.51. The monoisotopic (exact) mass is 248 g/mol. The van der Waals surface area contributed by atoms with Gasteiger partial charge in [0.2, 0.25) is 9.05 Å². The summed E-state index contributed by atoms with van der Waals surface area (Å²) in [6.45, 7) is 0. The summed E-state index contributed by atoms with van der Waals surface area (Å²) in [5.74, 6) is -0.245. The molecule has 15 heavy (non-hydrogen) atoms. The Morgan fingerprint density at radius 3 is 2.27 bits per heavy atom. The fraction of sp³-hybridized carbons (Fsp3) is 0.125. The van der Waals surface area contributed by atoms with Gasteiger partial charge in [-0.05, 0) is 17.7 Å². The minimum atomic E-state index is -3.55. The molecule has 0 aliphatic carbocycles. The fourth-order valence-electron chi connectivity index (χ4n) is 1.03. The standard InChI is InChI=1S/C8H9ClN2O3S/c9-15(13,14)5-6-1-3-7(4-2-6)11-8(10)12/h1-4H,5H2,(H3,10,11,12). The molecule has 0 spiro atoms. The Hall–Kier alpha value is -1.27. The third-order valence-corrected chi connectivity index (χ3v) is 2.57. The van der Waals surface area contributed by atoms with Crippen LogP contribution in [0.4, 0.5) is 10.5 Å². The van der Waals surface area contributed by atoms with Crippen molar-refractivity contribution in [3.8, 4) is 0 Å². The number of primary amides is 1. The summed E-state index contributed by atoms with van der Waals surface area (Å²) >= 11 is 0. The van der Waals surface area contributed by atoms with Gasteiger partial charge in [0.1, 0.15) is 0 Å². The van der Waals surface area contributed by atoms with Crippen molar-refractivity contribution in [2.24, 2.45) is 5.73 Å². The molecule has 5 nitrogen and oxygen atoms in total. The first-order chi connectivity index (χ1) is 6.87. The molecule has 0 aliphatic rings. The number of hydrogen-bond acceptors (Lipinski definition) is 3. The molecule has 82 valence electrons. The second-order valence-corrected chi connectivity index (χ2v) is 5.65. The van der Waals surface area contributed by atoms with E-state index in [9.17, 15) is 13.2 Å². The summed E-state index contributed by atoms with van der Waals surface area (Å²) in [5.41, 5.74) is 5.94. The van der Waals surface area contributed by atoms with Crippen molar-refractivity contribution in [2.45, 2.75) is 5.75 Å². The van der Waals surface area contributed by atoms with E-state index in [0.29, 0.717) is 11.3 Å². The van der Waals surface area contributed by atoms with E-state index < -0.39 is 15.1 Å². The van der Waals surface area contributed by atoms with Crippen molar-refractivity contribution in [1.82, 2.24) is 0 Å². The van der Waals surface area contributed by atoms with Crippen LogP contribution in [0.1, 0.15) is 5.56 Å². The molecule has 1 aromatic carbocycles. The van der Waals surface area contributed by atoms with Gasteiger partial charge in [-0.2, -0.15) is 0 Å². The number of benzene rings is 1. The molecule has 0 bridgehead atoms. The number of nitrogens with two attached hydrogens (primary N) is 1.